The number of anilines is 1. The molecule has 1 heterocycles. The van der Waals surface area contributed by atoms with Crippen LogP contribution in [0.15, 0.2) is 24.3 Å². The van der Waals surface area contributed by atoms with Crippen LogP contribution in [0.25, 0.3) is 0 Å². The van der Waals surface area contributed by atoms with Gasteiger partial charge in [-0.25, -0.2) is 4.79 Å². The van der Waals surface area contributed by atoms with Crippen molar-refractivity contribution in [2.24, 2.45) is 11.8 Å². The zero-order valence-corrected chi connectivity index (χ0v) is 21.9. The summed E-state index contributed by atoms with van der Waals surface area (Å²) < 4.78 is 5.22. The molecule has 0 radical (unpaired) electrons. The van der Waals surface area contributed by atoms with E-state index in [0.29, 0.717) is 31.2 Å². The van der Waals surface area contributed by atoms with E-state index in [9.17, 15) is 9.90 Å². The van der Waals surface area contributed by atoms with Gasteiger partial charge in [-0.05, 0) is 69.2 Å². The van der Waals surface area contributed by atoms with Gasteiger partial charge in [0.2, 0.25) is 0 Å². The van der Waals surface area contributed by atoms with E-state index in [-0.39, 0.29) is 18.0 Å². The number of nitrogens with zero attached hydrogens (tertiary/aromatic N) is 1. The van der Waals surface area contributed by atoms with Crippen molar-refractivity contribution >= 4 is 11.7 Å². The fourth-order valence-corrected chi connectivity index (χ4v) is 6.12. The molecule has 1 saturated heterocycles. The van der Waals surface area contributed by atoms with Crippen molar-refractivity contribution in [3.8, 4) is 0 Å². The zero-order chi connectivity index (χ0) is 25.1. The van der Waals surface area contributed by atoms with E-state index in [2.05, 4.69) is 10.6 Å². The summed E-state index contributed by atoms with van der Waals surface area (Å²) >= 11 is 0. The Morgan fingerprint density at radius 1 is 1.23 bits per heavy atom. The Morgan fingerprint density at radius 3 is 2.74 bits per heavy atom. The number of methoxy groups -OCH3 is 1. The Morgan fingerprint density at radius 2 is 2.03 bits per heavy atom. The Bertz CT molecular complexity index is 770. The van der Waals surface area contributed by atoms with Crippen LogP contribution in [0.2, 0.25) is 0 Å². The van der Waals surface area contributed by atoms with Gasteiger partial charge in [0.15, 0.2) is 0 Å². The summed E-state index contributed by atoms with van der Waals surface area (Å²) in [4.78, 5) is 15.3. The minimum atomic E-state index is -1.02. The van der Waals surface area contributed by atoms with Crippen molar-refractivity contribution in [2.75, 3.05) is 46.1 Å². The number of unbranched alkanes of at least 4 members (excludes halogenated alkanes) is 1. The maximum Gasteiger partial charge on any atom is 0.317 e. The predicted octanol–water partition coefficient (Wildman–Crippen LogP) is 4.25. The minimum absolute atomic E-state index is 0.0000630. The third-order valence-corrected chi connectivity index (χ3v) is 8.05. The van der Waals surface area contributed by atoms with Crippen molar-refractivity contribution in [3.63, 3.8) is 0 Å². The molecular formula is C28H48N4O3. The molecule has 1 aliphatic heterocycles. The molecule has 1 aliphatic carbocycles. The molecule has 0 bridgehead atoms. The van der Waals surface area contributed by atoms with Crippen LogP contribution < -0.4 is 16.4 Å². The molecule has 1 aromatic rings. The van der Waals surface area contributed by atoms with Crippen LogP contribution in [0, 0.1) is 11.8 Å². The summed E-state index contributed by atoms with van der Waals surface area (Å²) in [5.41, 5.74) is 6.57. The van der Waals surface area contributed by atoms with E-state index >= 15 is 0 Å². The van der Waals surface area contributed by atoms with Crippen LogP contribution in [-0.2, 0) is 10.3 Å². The number of urea groups is 1. The summed E-state index contributed by atoms with van der Waals surface area (Å²) in [5, 5.41) is 18.6. The van der Waals surface area contributed by atoms with Gasteiger partial charge in [0.25, 0.3) is 0 Å². The molecule has 0 spiro atoms. The summed E-state index contributed by atoms with van der Waals surface area (Å²) in [7, 11) is 3.66. The van der Waals surface area contributed by atoms with Crippen LogP contribution in [0.3, 0.4) is 0 Å². The fraction of sp³-hybridized carbons (Fsp3) is 0.750. The van der Waals surface area contributed by atoms with Gasteiger partial charge in [0.1, 0.15) is 0 Å². The number of ether oxygens (including phenoxy) is 1. The first-order valence-corrected chi connectivity index (χ1v) is 13.7. The highest BCUT2D eigenvalue weighted by Gasteiger charge is 2.41. The summed E-state index contributed by atoms with van der Waals surface area (Å²) in [6.45, 7) is 2.75. The number of rotatable bonds is 12. The third-order valence-electron chi connectivity index (χ3n) is 8.05. The number of piperidine rings is 1. The van der Waals surface area contributed by atoms with Crippen LogP contribution in [-0.4, -0.2) is 62.5 Å². The van der Waals surface area contributed by atoms with Crippen LogP contribution >= 0.6 is 0 Å². The second-order valence-electron chi connectivity index (χ2n) is 10.7. The Kier molecular flexibility index (Phi) is 11.1. The number of carbonyl (C=O) groups is 1. The van der Waals surface area contributed by atoms with Crippen LogP contribution in [0.1, 0.15) is 76.2 Å². The Hall–Kier alpha value is -1.83. The lowest BCUT2D eigenvalue weighted by atomic mass is 9.74. The number of hydrogen-bond acceptors (Lipinski definition) is 5. The minimum Gasteiger partial charge on any atom is -0.399 e. The number of aliphatic hydroxyl groups is 1. The Labute approximate surface area is 212 Å². The molecule has 2 amide bonds. The van der Waals surface area contributed by atoms with Gasteiger partial charge in [-0.1, -0.05) is 44.2 Å². The lowest BCUT2D eigenvalue weighted by molar-refractivity contribution is -0.0563. The number of nitrogens with two attached hydrogens (primary N) is 1. The Balaban J connectivity index is 1.67. The number of nitrogen functional groups attached to an aromatic ring is 1. The van der Waals surface area contributed by atoms with E-state index in [0.717, 1.165) is 50.8 Å². The van der Waals surface area contributed by atoms with Crippen LogP contribution in [0.5, 0.6) is 0 Å². The molecule has 5 N–H and O–H groups in total. The molecular weight excluding hydrogens is 440 g/mol. The number of likely N-dealkylation sites (tertiary alicyclic amines) is 1. The van der Waals surface area contributed by atoms with E-state index in [1.807, 2.05) is 36.2 Å². The molecule has 3 rings (SSSR count). The zero-order valence-electron chi connectivity index (χ0n) is 21.9. The molecule has 35 heavy (non-hydrogen) atoms. The number of hydrogen-bond donors (Lipinski definition) is 4. The standard InChI is InChI=1S/C28H48N4O3/c1-30-20-26(18-22-10-4-3-5-11-22)31-27(33)32-16-9-13-24(21-32)28(34,15-6-7-17-35-2)23-12-8-14-25(29)19-23/h8,12,14,19,22,24,26,30,34H,3-7,9-11,13,15-18,20-21,29H2,1-2H3,(H,31,33)/t24-,26+,28-/m1/s1. The number of amides is 2. The van der Waals surface area contributed by atoms with E-state index in [1.165, 1.54) is 32.1 Å². The van der Waals surface area contributed by atoms with Crippen molar-refractivity contribution in [1.29, 1.82) is 0 Å². The van der Waals surface area contributed by atoms with Gasteiger partial charge in [0, 0.05) is 51.0 Å². The number of nitrogens with one attached hydrogen (secondary N) is 2. The lowest BCUT2D eigenvalue weighted by Gasteiger charge is -2.43. The van der Waals surface area contributed by atoms with Crippen molar-refractivity contribution in [2.45, 2.75) is 82.3 Å². The van der Waals surface area contributed by atoms with Gasteiger partial charge < -0.3 is 31.1 Å². The highest BCUT2D eigenvalue weighted by atomic mass is 16.5. The molecule has 198 valence electrons. The van der Waals surface area contributed by atoms with E-state index in [1.54, 1.807) is 7.11 Å². The number of benzene rings is 1. The van der Waals surface area contributed by atoms with Gasteiger partial charge in [-0.2, -0.15) is 0 Å². The van der Waals surface area contributed by atoms with Gasteiger partial charge in [-0.15, -0.1) is 0 Å². The molecule has 1 aromatic carbocycles. The lowest BCUT2D eigenvalue weighted by Crippen LogP contribution is -2.54. The van der Waals surface area contributed by atoms with Crippen molar-refractivity contribution in [1.82, 2.24) is 15.5 Å². The van der Waals surface area contributed by atoms with Gasteiger partial charge in [0.05, 0.1) is 5.60 Å². The molecule has 7 heteroatoms. The summed E-state index contributed by atoms with van der Waals surface area (Å²) in [5.74, 6) is 0.671. The molecule has 2 aliphatic rings. The second kappa shape index (κ2) is 14.0. The van der Waals surface area contributed by atoms with E-state index < -0.39 is 5.60 Å². The summed E-state index contributed by atoms with van der Waals surface area (Å²) in [6.07, 6.45) is 11.7. The first kappa shape index (κ1) is 27.8. The normalized spacial score (nSPS) is 21.9. The second-order valence-corrected chi connectivity index (χ2v) is 10.7. The topological polar surface area (TPSA) is 99.8 Å². The largest absolute Gasteiger partial charge is 0.399 e. The van der Waals surface area contributed by atoms with Crippen molar-refractivity contribution in [3.05, 3.63) is 29.8 Å². The molecule has 2 fully saturated rings. The van der Waals surface area contributed by atoms with Crippen LogP contribution in [0.4, 0.5) is 10.5 Å². The third kappa shape index (κ3) is 8.09. The molecule has 7 nitrogen and oxygen atoms in total. The quantitative estimate of drug-likeness (QED) is 0.260. The maximum atomic E-state index is 13.4. The number of carbonyl (C=O) groups excluding carboxylic acids is 1. The monoisotopic (exact) mass is 488 g/mol. The van der Waals surface area contributed by atoms with Gasteiger partial charge >= 0.3 is 6.03 Å². The van der Waals surface area contributed by atoms with Crippen molar-refractivity contribution < 1.29 is 14.6 Å². The smallest absolute Gasteiger partial charge is 0.317 e. The van der Waals surface area contributed by atoms with E-state index in [4.69, 9.17) is 10.5 Å². The first-order valence-electron chi connectivity index (χ1n) is 13.7. The highest BCUT2D eigenvalue weighted by Crippen LogP contribution is 2.40. The molecule has 3 atom stereocenters. The maximum absolute atomic E-state index is 13.4. The number of likely N-dealkylation sites (N-methyl/N-ethyl adjacent to an activating group) is 1. The fourth-order valence-electron chi connectivity index (χ4n) is 6.12. The predicted molar refractivity (Wildman–Crippen MR) is 142 cm³/mol. The average molecular weight is 489 g/mol. The SMILES string of the molecule is CNC[C@H](CC1CCCCC1)NC(=O)N1CCC[C@@H]([C@@](O)(CCCCOC)c2cccc(N)c2)C1. The highest BCUT2D eigenvalue weighted by molar-refractivity contribution is 5.74. The molecule has 0 unspecified atom stereocenters. The summed E-state index contributed by atoms with van der Waals surface area (Å²) in [6, 6.07) is 7.76. The first-order chi connectivity index (χ1) is 17.0. The molecule has 1 saturated carbocycles. The van der Waals surface area contributed by atoms with Gasteiger partial charge in [-0.3, -0.25) is 0 Å². The molecule has 0 aromatic heterocycles. The average Bonchev–Trinajstić information content (AvgIpc) is 2.87.